The molecule has 0 aliphatic rings. The molecule has 2 aromatic heterocycles. The van der Waals surface area contributed by atoms with E-state index in [1.165, 1.54) is 4.57 Å². The minimum absolute atomic E-state index is 0.0518. The number of urea groups is 1. The standard InChI is InChI=1S/C10H10ClN7O/c1-3-13-10(19)17-9-15-7(11)6-8(16-9)18(2)5(4-12)14-6/h3H2,1-2H3,(H2,13,15,16,17,19). The monoisotopic (exact) mass is 279 g/mol. The Morgan fingerprint density at radius 3 is 2.84 bits per heavy atom. The molecule has 0 saturated heterocycles. The van der Waals surface area contributed by atoms with Crippen molar-refractivity contribution in [3.63, 3.8) is 0 Å². The number of halogens is 1. The largest absolute Gasteiger partial charge is 0.338 e. The van der Waals surface area contributed by atoms with Crippen molar-refractivity contribution < 1.29 is 4.79 Å². The van der Waals surface area contributed by atoms with E-state index in [9.17, 15) is 4.79 Å². The van der Waals surface area contributed by atoms with Crippen molar-refractivity contribution in [2.24, 2.45) is 7.05 Å². The Morgan fingerprint density at radius 1 is 1.47 bits per heavy atom. The van der Waals surface area contributed by atoms with Crippen molar-refractivity contribution in [2.75, 3.05) is 11.9 Å². The smallest absolute Gasteiger partial charge is 0.321 e. The van der Waals surface area contributed by atoms with Gasteiger partial charge in [0.2, 0.25) is 11.8 Å². The molecular weight excluding hydrogens is 270 g/mol. The van der Waals surface area contributed by atoms with Gasteiger partial charge in [0.25, 0.3) is 0 Å². The third-order valence-corrected chi connectivity index (χ3v) is 2.60. The molecule has 0 radical (unpaired) electrons. The normalized spacial score (nSPS) is 10.2. The van der Waals surface area contributed by atoms with Gasteiger partial charge in [-0.2, -0.15) is 15.2 Å². The second-order valence-electron chi connectivity index (χ2n) is 3.60. The first kappa shape index (κ1) is 13.0. The number of amides is 2. The Bertz CT molecular complexity index is 687. The Balaban J connectivity index is 2.46. The fourth-order valence-corrected chi connectivity index (χ4v) is 1.70. The molecule has 2 N–H and O–H groups in total. The predicted molar refractivity (Wildman–Crippen MR) is 68.7 cm³/mol. The number of rotatable bonds is 2. The molecule has 0 atom stereocenters. The maximum atomic E-state index is 11.4. The maximum Gasteiger partial charge on any atom is 0.321 e. The van der Waals surface area contributed by atoms with E-state index >= 15 is 0 Å². The van der Waals surface area contributed by atoms with Crippen LogP contribution in [-0.4, -0.2) is 32.1 Å². The molecule has 0 aliphatic carbocycles. The van der Waals surface area contributed by atoms with Crippen LogP contribution in [0, 0.1) is 11.3 Å². The number of nitrogens with one attached hydrogen (secondary N) is 2. The predicted octanol–water partition coefficient (Wildman–Crippen LogP) is 1.03. The zero-order valence-electron chi connectivity index (χ0n) is 10.2. The highest BCUT2D eigenvalue weighted by Crippen LogP contribution is 2.21. The molecule has 0 spiro atoms. The van der Waals surface area contributed by atoms with Gasteiger partial charge in [0.1, 0.15) is 11.6 Å². The lowest BCUT2D eigenvalue weighted by molar-refractivity contribution is 0.252. The average Bonchev–Trinajstić information content (AvgIpc) is 2.67. The first-order chi connectivity index (χ1) is 9.06. The zero-order chi connectivity index (χ0) is 14.0. The summed E-state index contributed by atoms with van der Waals surface area (Å²) in [5.74, 6) is 0.220. The molecule has 2 amide bonds. The van der Waals surface area contributed by atoms with Gasteiger partial charge in [0, 0.05) is 13.6 Å². The van der Waals surface area contributed by atoms with E-state index in [0.717, 1.165) is 0 Å². The number of fused-ring (bicyclic) bond motifs is 1. The SMILES string of the molecule is CCNC(=O)Nc1nc(Cl)c2nc(C#N)n(C)c2n1. The summed E-state index contributed by atoms with van der Waals surface area (Å²) in [6.45, 7) is 2.27. The molecule has 98 valence electrons. The van der Waals surface area contributed by atoms with Crippen molar-refractivity contribution in [2.45, 2.75) is 6.92 Å². The van der Waals surface area contributed by atoms with Crippen LogP contribution in [0.2, 0.25) is 5.15 Å². The fourth-order valence-electron chi connectivity index (χ4n) is 1.49. The third kappa shape index (κ3) is 2.41. The summed E-state index contributed by atoms with van der Waals surface area (Å²) in [4.78, 5) is 23.4. The van der Waals surface area contributed by atoms with E-state index in [1.54, 1.807) is 14.0 Å². The number of hydrogen-bond donors (Lipinski definition) is 2. The first-order valence-corrected chi connectivity index (χ1v) is 5.79. The van der Waals surface area contributed by atoms with Crippen LogP contribution >= 0.6 is 11.6 Å². The topological polar surface area (TPSA) is 109 Å². The molecule has 0 unspecified atom stereocenters. The molecule has 9 heteroatoms. The van der Waals surface area contributed by atoms with Gasteiger partial charge < -0.3 is 9.88 Å². The van der Waals surface area contributed by atoms with Gasteiger partial charge in [-0.05, 0) is 6.92 Å². The van der Waals surface area contributed by atoms with Crippen LogP contribution in [0.15, 0.2) is 0 Å². The number of carbonyl (C=O) groups is 1. The number of carbonyl (C=O) groups excluding carboxylic acids is 1. The molecule has 2 aromatic rings. The summed E-state index contributed by atoms with van der Waals surface area (Å²) in [5, 5.41) is 14.0. The van der Waals surface area contributed by atoms with Crippen LogP contribution in [0.1, 0.15) is 12.7 Å². The number of hydrogen-bond acceptors (Lipinski definition) is 5. The minimum atomic E-state index is -0.430. The fraction of sp³-hybridized carbons (Fsp3) is 0.300. The molecular formula is C10H10ClN7O. The number of anilines is 1. The Hall–Kier alpha value is -2.40. The van der Waals surface area contributed by atoms with Crippen LogP contribution in [-0.2, 0) is 7.05 Å². The third-order valence-electron chi connectivity index (χ3n) is 2.34. The lowest BCUT2D eigenvalue weighted by Gasteiger charge is -2.04. The molecule has 0 fully saturated rings. The number of imidazole rings is 1. The van der Waals surface area contributed by atoms with Crippen LogP contribution in [0.5, 0.6) is 0 Å². The van der Waals surface area contributed by atoms with Gasteiger partial charge in [0.05, 0.1) is 0 Å². The second kappa shape index (κ2) is 5.07. The van der Waals surface area contributed by atoms with E-state index in [1.807, 2.05) is 6.07 Å². The molecule has 19 heavy (non-hydrogen) atoms. The zero-order valence-corrected chi connectivity index (χ0v) is 11.0. The Kier molecular flexibility index (Phi) is 3.48. The van der Waals surface area contributed by atoms with Crippen LogP contribution in [0.25, 0.3) is 11.2 Å². The first-order valence-electron chi connectivity index (χ1n) is 5.41. The molecule has 8 nitrogen and oxygen atoms in total. The minimum Gasteiger partial charge on any atom is -0.338 e. The quantitative estimate of drug-likeness (QED) is 0.798. The maximum absolute atomic E-state index is 11.4. The van der Waals surface area contributed by atoms with Crippen molar-refractivity contribution in [1.29, 1.82) is 5.26 Å². The van der Waals surface area contributed by atoms with Crippen molar-refractivity contribution in [3.8, 4) is 6.07 Å². The molecule has 2 heterocycles. The number of nitrogens with zero attached hydrogens (tertiary/aromatic N) is 5. The molecule has 0 aromatic carbocycles. The summed E-state index contributed by atoms with van der Waals surface area (Å²) in [5.41, 5.74) is 0.700. The summed E-state index contributed by atoms with van der Waals surface area (Å²) >= 11 is 5.96. The summed E-state index contributed by atoms with van der Waals surface area (Å²) < 4.78 is 1.48. The van der Waals surface area contributed by atoms with Crippen LogP contribution in [0.4, 0.5) is 10.7 Å². The van der Waals surface area contributed by atoms with Gasteiger partial charge in [0.15, 0.2) is 10.8 Å². The highest BCUT2D eigenvalue weighted by molar-refractivity contribution is 6.33. The van der Waals surface area contributed by atoms with Gasteiger partial charge >= 0.3 is 6.03 Å². The van der Waals surface area contributed by atoms with Crippen LogP contribution in [0.3, 0.4) is 0 Å². The van der Waals surface area contributed by atoms with E-state index in [-0.39, 0.29) is 16.9 Å². The van der Waals surface area contributed by atoms with Gasteiger partial charge in [-0.1, -0.05) is 11.6 Å². The van der Waals surface area contributed by atoms with Gasteiger partial charge in [-0.15, -0.1) is 0 Å². The summed E-state index contributed by atoms with van der Waals surface area (Å²) in [6, 6.07) is 1.49. The van der Waals surface area contributed by atoms with Crippen molar-refractivity contribution >= 4 is 34.7 Å². The lowest BCUT2D eigenvalue weighted by Crippen LogP contribution is -2.29. The highest BCUT2D eigenvalue weighted by Gasteiger charge is 2.15. The van der Waals surface area contributed by atoms with Crippen LogP contribution < -0.4 is 10.6 Å². The summed E-state index contributed by atoms with van der Waals surface area (Å²) in [7, 11) is 1.63. The highest BCUT2D eigenvalue weighted by atomic mass is 35.5. The van der Waals surface area contributed by atoms with Gasteiger partial charge in [-0.3, -0.25) is 5.32 Å². The number of nitriles is 1. The average molecular weight is 280 g/mol. The van der Waals surface area contributed by atoms with Crippen molar-refractivity contribution in [1.82, 2.24) is 24.8 Å². The summed E-state index contributed by atoms with van der Waals surface area (Å²) in [6.07, 6.45) is 0. The van der Waals surface area contributed by atoms with Crippen molar-refractivity contribution in [3.05, 3.63) is 11.0 Å². The number of aryl methyl sites for hydroxylation is 1. The van der Waals surface area contributed by atoms with E-state index in [0.29, 0.717) is 17.7 Å². The van der Waals surface area contributed by atoms with E-state index in [4.69, 9.17) is 16.9 Å². The van der Waals surface area contributed by atoms with E-state index < -0.39 is 6.03 Å². The lowest BCUT2D eigenvalue weighted by atomic mass is 10.5. The second-order valence-corrected chi connectivity index (χ2v) is 3.96. The molecule has 0 bridgehead atoms. The molecule has 0 aliphatic heterocycles. The Labute approximate surface area is 113 Å². The molecule has 0 saturated carbocycles. The van der Waals surface area contributed by atoms with E-state index in [2.05, 4.69) is 25.6 Å². The Morgan fingerprint density at radius 2 is 2.21 bits per heavy atom. The van der Waals surface area contributed by atoms with Gasteiger partial charge in [-0.25, -0.2) is 9.78 Å². The number of aromatic nitrogens is 4. The molecule has 2 rings (SSSR count).